The Hall–Kier alpha value is -0.940. The Bertz CT molecular complexity index is 1470. The van der Waals surface area contributed by atoms with Crippen LogP contribution in [-0.4, -0.2) is 67.1 Å². The van der Waals surface area contributed by atoms with E-state index in [4.69, 9.17) is 0 Å². The van der Waals surface area contributed by atoms with Gasteiger partial charge in [-0.25, -0.2) is 0 Å². The molecule has 10 fully saturated rings. The second-order valence-electron chi connectivity index (χ2n) is 20.1. The molecule has 0 N–H and O–H groups in total. The van der Waals surface area contributed by atoms with Crippen molar-refractivity contribution in [2.45, 2.75) is 185 Å². The van der Waals surface area contributed by atoms with E-state index in [1.54, 1.807) is 49.7 Å². The van der Waals surface area contributed by atoms with Crippen LogP contribution in [0.1, 0.15) is 139 Å². The molecule has 0 aromatic heterocycles. The Labute approximate surface area is 323 Å². The van der Waals surface area contributed by atoms with E-state index in [0.29, 0.717) is 0 Å². The van der Waals surface area contributed by atoms with Crippen LogP contribution in [-0.2, 0) is 0 Å². The zero-order valence-corrected chi connectivity index (χ0v) is 33.2. The summed E-state index contributed by atoms with van der Waals surface area (Å²) in [5.41, 5.74) is 3.26. The molecule has 18 unspecified atom stereocenters. The third-order valence-electron chi connectivity index (χ3n) is 18.2. The highest BCUT2D eigenvalue weighted by Gasteiger charge is 2.63. The third kappa shape index (κ3) is 5.24. The molecule has 52 heavy (non-hydrogen) atoms. The summed E-state index contributed by atoms with van der Waals surface area (Å²) in [7, 11) is 0. The summed E-state index contributed by atoms with van der Waals surface area (Å²) in [4.78, 5) is 6.64. The average molecular weight is 733 g/mol. The predicted octanol–water partition coefficient (Wildman–Crippen LogP) is 11.2. The monoisotopic (exact) mass is 732 g/mol. The van der Waals surface area contributed by atoms with E-state index in [2.05, 4.69) is 94.0 Å². The van der Waals surface area contributed by atoms with Gasteiger partial charge in [0.05, 0.1) is 0 Å². The molecule has 2 nitrogen and oxygen atoms in total. The summed E-state index contributed by atoms with van der Waals surface area (Å²) in [6.07, 6.45) is 27.1. The molecule has 0 radical (unpaired) electrons. The highest BCUT2D eigenvalue weighted by molar-refractivity contribution is 8.00. The van der Waals surface area contributed by atoms with E-state index in [0.717, 1.165) is 105 Å². The molecule has 278 valence electrons. The fourth-order valence-corrected chi connectivity index (χ4v) is 20.4. The molecule has 4 heterocycles. The lowest BCUT2D eigenvalue weighted by Gasteiger charge is -2.54. The number of hydrogen-bond acceptors (Lipinski definition) is 4. The van der Waals surface area contributed by atoms with Gasteiger partial charge < -0.3 is 0 Å². The minimum absolute atomic E-state index is 0.781. The minimum atomic E-state index is 0.781. The van der Waals surface area contributed by atoms with Crippen molar-refractivity contribution in [3.05, 3.63) is 71.8 Å². The highest BCUT2D eigenvalue weighted by Crippen LogP contribution is 2.63. The van der Waals surface area contributed by atoms with Crippen LogP contribution in [0.4, 0.5) is 0 Å². The van der Waals surface area contributed by atoms with E-state index in [-0.39, 0.29) is 0 Å². The molecule has 0 amide bonds. The quantitative estimate of drug-likeness (QED) is 0.310. The van der Waals surface area contributed by atoms with Crippen LogP contribution in [0.3, 0.4) is 0 Å². The smallest absolute Gasteiger partial charge is 0.0252 e. The Kier molecular flexibility index (Phi) is 8.52. The molecule has 4 aliphatic heterocycles. The lowest BCUT2D eigenvalue weighted by molar-refractivity contribution is 0.0274. The van der Waals surface area contributed by atoms with E-state index in [1.807, 2.05) is 0 Å². The molecule has 0 spiro atoms. The Morgan fingerprint density at radius 2 is 0.846 bits per heavy atom. The summed E-state index contributed by atoms with van der Waals surface area (Å²) >= 11 is 5.01. The van der Waals surface area contributed by atoms with Crippen LogP contribution in [0.5, 0.6) is 0 Å². The van der Waals surface area contributed by atoms with Crippen molar-refractivity contribution in [1.82, 2.24) is 9.80 Å². The highest BCUT2D eigenvalue weighted by atomic mass is 32.2. The van der Waals surface area contributed by atoms with Gasteiger partial charge in [0.2, 0.25) is 0 Å². The summed E-state index contributed by atoms with van der Waals surface area (Å²) in [6.45, 7) is 0. The van der Waals surface area contributed by atoms with Crippen LogP contribution < -0.4 is 0 Å². The Morgan fingerprint density at radius 3 is 1.31 bits per heavy atom. The minimum Gasteiger partial charge on any atom is -0.292 e. The maximum atomic E-state index is 3.32. The van der Waals surface area contributed by atoms with Gasteiger partial charge in [-0.2, -0.15) is 23.5 Å². The summed E-state index contributed by atoms with van der Waals surface area (Å²) < 4.78 is 0. The molecule has 6 saturated carbocycles. The van der Waals surface area contributed by atoms with Crippen molar-refractivity contribution in [3.8, 4) is 0 Å². The van der Waals surface area contributed by atoms with Crippen LogP contribution in [0.2, 0.25) is 0 Å². The van der Waals surface area contributed by atoms with Gasteiger partial charge in [0, 0.05) is 57.3 Å². The Balaban J connectivity index is 0.778. The second-order valence-corrected chi connectivity index (χ2v) is 23.0. The largest absolute Gasteiger partial charge is 0.292 e. The van der Waals surface area contributed by atoms with Crippen molar-refractivity contribution in [2.75, 3.05) is 0 Å². The lowest BCUT2D eigenvalue weighted by atomic mass is 9.62. The third-order valence-corrected chi connectivity index (χ3v) is 21.8. The van der Waals surface area contributed by atoms with Crippen molar-refractivity contribution in [3.63, 3.8) is 0 Å². The number of fused-ring (bicyclic) bond motifs is 10. The molecular weight excluding hydrogens is 669 g/mol. The molecular formula is C48H64N2S2. The molecule has 4 saturated heterocycles. The van der Waals surface area contributed by atoms with Crippen molar-refractivity contribution in [1.29, 1.82) is 0 Å². The number of thioether (sulfide) groups is 2. The summed E-state index contributed by atoms with van der Waals surface area (Å²) in [6, 6.07) is 28.7. The molecule has 18 atom stereocenters. The van der Waals surface area contributed by atoms with Crippen LogP contribution in [0.15, 0.2) is 60.7 Å². The fraction of sp³-hybridized carbons (Fsp3) is 0.750. The molecule has 4 heteroatoms. The number of nitrogens with zero attached hydrogens (tertiary/aromatic N) is 2. The molecule has 6 aliphatic carbocycles. The maximum absolute atomic E-state index is 3.32. The normalized spacial score (nSPS) is 50.9. The van der Waals surface area contributed by atoms with Crippen molar-refractivity contribution < 1.29 is 0 Å². The first-order chi connectivity index (χ1) is 25.8. The van der Waals surface area contributed by atoms with E-state index < -0.39 is 0 Å². The number of benzene rings is 2. The Morgan fingerprint density at radius 1 is 0.385 bits per heavy atom. The van der Waals surface area contributed by atoms with Crippen molar-refractivity contribution in [2.24, 2.45) is 35.5 Å². The summed E-state index contributed by atoms with van der Waals surface area (Å²) in [5.74, 6) is 7.62. The standard InChI is InChI=1S/C48H64N2S2/c1-3-9-29(10-4-1)33-19-23-43-41(27-33)49-39-21-17-31(25-37(39)35-13-7-15-45(51-43)47(35)49)32-18-22-40-38(26-32)36-14-8-16-46-48(36)50(40)42-28-34(20-24-44(42)52-46)30-11-5-2-6-12-30/h1-6,9-12,31-48H,7-8,13-28H2. The first-order valence-corrected chi connectivity index (χ1v) is 24.6. The zero-order valence-electron chi connectivity index (χ0n) is 31.6. The fourth-order valence-electron chi connectivity index (χ4n) is 16.4. The SMILES string of the molecule is c1ccc(C2CCC3SC4CCCC5C6CC(C7CCC8C(C7)C7CCCC9SC%10CCC(c%11ccccc%11)CC%10N8C97)CCC6N(C3C2)C45)cc1. The number of hydrogen-bond donors (Lipinski definition) is 0. The second kappa shape index (κ2) is 13.3. The average Bonchev–Trinajstić information content (AvgIpc) is 3.73. The summed E-state index contributed by atoms with van der Waals surface area (Å²) in [5, 5.41) is 3.67. The number of rotatable bonds is 3. The van der Waals surface area contributed by atoms with E-state index in [9.17, 15) is 0 Å². The first-order valence-electron chi connectivity index (χ1n) is 22.7. The van der Waals surface area contributed by atoms with E-state index in [1.165, 1.54) is 77.0 Å². The van der Waals surface area contributed by atoms with Crippen molar-refractivity contribution >= 4 is 23.5 Å². The topological polar surface area (TPSA) is 6.48 Å². The van der Waals surface area contributed by atoms with E-state index >= 15 is 0 Å². The molecule has 12 rings (SSSR count). The molecule has 10 aliphatic rings. The predicted molar refractivity (Wildman–Crippen MR) is 219 cm³/mol. The van der Waals surface area contributed by atoms with Gasteiger partial charge >= 0.3 is 0 Å². The molecule has 2 aromatic rings. The van der Waals surface area contributed by atoms with Gasteiger partial charge in [0.15, 0.2) is 0 Å². The first kappa shape index (κ1) is 33.2. The van der Waals surface area contributed by atoms with Crippen LogP contribution in [0.25, 0.3) is 0 Å². The van der Waals surface area contributed by atoms with Gasteiger partial charge in [-0.1, -0.05) is 73.5 Å². The van der Waals surface area contributed by atoms with Gasteiger partial charge in [0.25, 0.3) is 0 Å². The van der Waals surface area contributed by atoms with Gasteiger partial charge in [-0.15, -0.1) is 0 Å². The van der Waals surface area contributed by atoms with Gasteiger partial charge in [0.1, 0.15) is 0 Å². The van der Waals surface area contributed by atoms with Crippen LogP contribution in [0, 0.1) is 35.5 Å². The molecule has 2 aromatic carbocycles. The maximum Gasteiger partial charge on any atom is 0.0252 e. The van der Waals surface area contributed by atoms with Crippen LogP contribution >= 0.6 is 23.5 Å². The van der Waals surface area contributed by atoms with Gasteiger partial charge in [-0.05, 0) is 161 Å². The van der Waals surface area contributed by atoms with Gasteiger partial charge in [-0.3, -0.25) is 9.80 Å². The zero-order chi connectivity index (χ0) is 33.9. The molecule has 0 bridgehead atoms. The lowest BCUT2D eigenvalue weighted by Crippen LogP contribution is -2.60.